The van der Waals surface area contributed by atoms with Gasteiger partial charge in [-0.05, 0) is 18.2 Å². The molecule has 3 heterocycles. The van der Waals surface area contributed by atoms with Crippen molar-refractivity contribution in [1.82, 2.24) is 15.0 Å². The molecule has 1 aromatic carbocycles. The van der Waals surface area contributed by atoms with Crippen LogP contribution in [0, 0.1) is 5.92 Å². The van der Waals surface area contributed by atoms with Crippen LogP contribution in [0.3, 0.4) is 0 Å². The highest BCUT2D eigenvalue weighted by Crippen LogP contribution is 2.34. The zero-order valence-electron chi connectivity index (χ0n) is 15.1. The molecule has 1 fully saturated rings. The molecule has 2 N–H and O–H groups in total. The van der Waals surface area contributed by atoms with Crippen LogP contribution in [0.4, 0.5) is 19.0 Å². The highest BCUT2D eigenvalue weighted by Gasteiger charge is 2.33. The van der Waals surface area contributed by atoms with Gasteiger partial charge in [-0.3, -0.25) is 9.78 Å². The zero-order chi connectivity index (χ0) is 20.8. The fraction of sp³-hybridized carbons (Fsp3) is 0.200. The third-order valence-electron chi connectivity index (χ3n) is 4.94. The van der Waals surface area contributed by atoms with Gasteiger partial charge in [-0.15, -0.1) is 0 Å². The summed E-state index contributed by atoms with van der Waals surface area (Å²) >= 11 is 0. The first-order valence-corrected chi connectivity index (χ1v) is 8.77. The summed E-state index contributed by atoms with van der Waals surface area (Å²) in [6.07, 6.45) is -1.21. The summed E-state index contributed by atoms with van der Waals surface area (Å²) in [6.45, 7) is 4.76. The Morgan fingerprint density at radius 3 is 2.45 bits per heavy atom. The lowest BCUT2D eigenvalue weighted by atomic mass is 9.91. The van der Waals surface area contributed by atoms with Gasteiger partial charge in [0.15, 0.2) is 5.82 Å². The van der Waals surface area contributed by atoms with E-state index in [9.17, 15) is 18.0 Å². The summed E-state index contributed by atoms with van der Waals surface area (Å²) in [6, 6.07) is 6.47. The lowest BCUT2D eigenvalue weighted by Crippen LogP contribution is -2.49. The first kappa shape index (κ1) is 18.9. The highest BCUT2D eigenvalue weighted by molar-refractivity contribution is 5.94. The summed E-state index contributed by atoms with van der Waals surface area (Å²) < 4.78 is 38.5. The minimum Gasteiger partial charge on any atom is -0.366 e. The van der Waals surface area contributed by atoms with Crippen molar-refractivity contribution in [3.63, 3.8) is 0 Å². The number of benzene rings is 1. The zero-order valence-corrected chi connectivity index (χ0v) is 15.1. The third-order valence-corrected chi connectivity index (χ3v) is 4.94. The van der Waals surface area contributed by atoms with Gasteiger partial charge >= 0.3 is 6.18 Å². The third kappa shape index (κ3) is 3.51. The van der Waals surface area contributed by atoms with Gasteiger partial charge in [0.25, 0.3) is 0 Å². The van der Waals surface area contributed by atoms with E-state index in [2.05, 4.69) is 21.5 Å². The molecule has 0 unspecified atom stereocenters. The van der Waals surface area contributed by atoms with Crippen LogP contribution in [0.1, 0.15) is 5.56 Å². The van der Waals surface area contributed by atoms with Gasteiger partial charge in [0.05, 0.1) is 17.3 Å². The number of primary amides is 1. The lowest BCUT2D eigenvalue weighted by molar-refractivity contribution is -0.137. The Kier molecular flexibility index (Phi) is 4.45. The highest BCUT2D eigenvalue weighted by atomic mass is 19.4. The van der Waals surface area contributed by atoms with Crippen LogP contribution in [-0.2, 0) is 11.0 Å². The van der Waals surface area contributed by atoms with Crippen LogP contribution < -0.4 is 10.6 Å². The Balaban J connectivity index is 1.71. The molecule has 1 amide bonds. The second kappa shape index (κ2) is 6.84. The van der Waals surface area contributed by atoms with Gasteiger partial charge in [0.1, 0.15) is 5.82 Å². The number of nitrogens with two attached hydrogens (primary N) is 1. The van der Waals surface area contributed by atoms with Gasteiger partial charge in [-0.2, -0.15) is 13.2 Å². The van der Waals surface area contributed by atoms with Crippen LogP contribution in [0.5, 0.6) is 0 Å². The monoisotopic (exact) mass is 399 g/mol. The van der Waals surface area contributed by atoms with Crippen molar-refractivity contribution in [1.29, 1.82) is 0 Å². The van der Waals surface area contributed by atoms with Crippen LogP contribution in [0.25, 0.3) is 22.3 Å². The maximum Gasteiger partial charge on any atom is 0.416 e. The number of aromatic nitrogens is 3. The van der Waals surface area contributed by atoms with Crippen molar-refractivity contribution in [3.05, 3.63) is 60.4 Å². The number of hydrogen-bond donors (Lipinski definition) is 1. The molecular weight excluding hydrogens is 383 g/mol. The van der Waals surface area contributed by atoms with E-state index in [1.807, 2.05) is 4.90 Å². The Bertz CT molecular complexity index is 1110. The Hall–Kier alpha value is -3.49. The quantitative estimate of drug-likeness (QED) is 0.681. The first-order valence-electron chi connectivity index (χ1n) is 8.77. The fourth-order valence-corrected chi connectivity index (χ4v) is 3.22. The van der Waals surface area contributed by atoms with Crippen LogP contribution >= 0.6 is 0 Å². The predicted molar refractivity (Wildman–Crippen MR) is 102 cm³/mol. The fourth-order valence-electron chi connectivity index (χ4n) is 3.22. The second-order valence-electron chi connectivity index (χ2n) is 6.83. The van der Waals surface area contributed by atoms with E-state index < -0.39 is 17.6 Å². The van der Waals surface area contributed by atoms with E-state index in [1.54, 1.807) is 18.5 Å². The number of carbonyl (C=O) groups is 1. The van der Waals surface area contributed by atoms with Gasteiger partial charge in [-0.25, -0.2) is 9.97 Å². The van der Waals surface area contributed by atoms with Gasteiger partial charge in [0.2, 0.25) is 5.91 Å². The van der Waals surface area contributed by atoms with Crippen LogP contribution in [0.2, 0.25) is 0 Å². The summed E-state index contributed by atoms with van der Waals surface area (Å²) in [5, 5.41) is 0.763. The SMILES string of the molecule is C=C(C(N)=O)C1CN(c2nc(-c3ccc(C(F)(F)F)cc3)nc3cnccc23)C1. The molecule has 0 atom stereocenters. The number of pyridine rings is 1. The van der Waals surface area contributed by atoms with E-state index in [4.69, 9.17) is 5.73 Å². The minimum absolute atomic E-state index is 0.0612. The molecule has 9 heteroatoms. The molecule has 1 saturated heterocycles. The minimum atomic E-state index is -4.41. The van der Waals surface area contributed by atoms with E-state index >= 15 is 0 Å². The number of rotatable bonds is 4. The largest absolute Gasteiger partial charge is 0.416 e. The number of fused-ring (bicyclic) bond motifs is 1. The Morgan fingerprint density at radius 2 is 1.83 bits per heavy atom. The summed E-state index contributed by atoms with van der Waals surface area (Å²) in [5.41, 5.74) is 5.96. The Labute approximate surface area is 163 Å². The van der Waals surface area contributed by atoms with Crippen molar-refractivity contribution in [2.45, 2.75) is 6.18 Å². The van der Waals surface area contributed by atoms with E-state index in [0.29, 0.717) is 41.4 Å². The maximum atomic E-state index is 12.8. The first-order chi connectivity index (χ1) is 13.7. The van der Waals surface area contributed by atoms with E-state index in [-0.39, 0.29) is 5.92 Å². The average molecular weight is 399 g/mol. The smallest absolute Gasteiger partial charge is 0.366 e. The van der Waals surface area contributed by atoms with Crippen molar-refractivity contribution in [2.24, 2.45) is 11.7 Å². The molecule has 1 aliphatic heterocycles. The van der Waals surface area contributed by atoms with Gasteiger partial charge in [-0.1, -0.05) is 18.7 Å². The normalized spacial score (nSPS) is 14.7. The molecule has 0 bridgehead atoms. The summed E-state index contributed by atoms with van der Waals surface area (Å²) in [7, 11) is 0. The molecule has 148 valence electrons. The number of hydrogen-bond acceptors (Lipinski definition) is 5. The Morgan fingerprint density at radius 1 is 1.14 bits per heavy atom. The molecular formula is C20H16F3N5O. The predicted octanol–water partition coefficient (Wildman–Crippen LogP) is 3.19. The summed E-state index contributed by atoms with van der Waals surface area (Å²) in [5.74, 6) is 0.331. The molecule has 0 radical (unpaired) electrons. The van der Waals surface area contributed by atoms with Crippen LogP contribution in [0.15, 0.2) is 54.9 Å². The second-order valence-corrected chi connectivity index (χ2v) is 6.83. The average Bonchev–Trinajstić information content (AvgIpc) is 2.66. The number of carbonyl (C=O) groups excluding carboxylic acids is 1. The van der Waals surface area contributed by atoms with Crippen molar-refractivity contribution < 1.29 is 18.0 Å². The molecule has 4 rings (SSSR count). The topological polar surface area (TPSA) is 85.0 Å². The van der Waals surface area contributed by atoms with Crippen molar-refractivity contribution in [2.75, 3.05) is 18.0 Å². The van der Waals surface area contributed by atoms with E-state index in [1.165, 1.54) is 12.1 Å². The van der Waals surface area contributed by atoms with E-state index in [0.717, 1.165) is 17.5 Å². The standard InChI is InChI=1S/C20H16F3N5O/c1-11(17(24)29)13-9-28(10-13)19-15-6-7-25-8-16(15)26-18(27-19)12-2-4-14(5-3-12)20(21,22)23/h2-8,13H,1,9-10H2,(H2,24,29). The summed E-state index contributed by atoms with van der Waals surface area (Å²) in [4.78, 5) is 26.4. The molecule has 1 aliphatic rings. The number of nitrogens with zero attached hydrogens (tertiary/aromatic N) is 4. The lowest BCUT2D eigenvalue weighted by Gasteiger charge is -2.41. The number of amides is 1. The molecule has 3 aromatic rings. The maximum absolute atomic E-state index is 12.8. The number of alkyl halides is 3. The molecule has 29 heavy (non-hydrogen) atoms. The molecule has 6 nitrogen and oxygen atoms in total. The molecule has 0 spiro atoms. The van der Waals surface area contributed by atoms with Gasteiger partial charge < -0.3 is 10.6 Å². The van der Waals surface area contributed by atoms with Crippen molar-refractivity contribution in [3.8, 4) is 11.4 Å². The molecule has 0 saturated carbocycles. The van der Waals surface area contributed by atoms with Gasteiger partial charge in [0, 0.05) is 41.7 Å². The van der Waals surface area contributed by atoms with Crippen LogP contribution in [-0.4, -0.2) is 33.9 Å². The number of anilines is 1. The molecule has 2 aromatic heterocycles. The van der Waals surface area contributed by atoms with Crippen molar-refractivity contribution >= 4 is 22.6 Å². The molecule has 0 aliphatic carbocycles. The number of halogens is 3.